The van der Waals surface area contributed by atoms with Gasteiger partial charge in [-0.3, -0.25) is 5.10 Å². The number of aromatic nitrogens is 2. The Hall–Kier alpha value is -0.610. The molecule has 2 rings (SSSR count). The van der Waals surface area contributed by atoms with Gasteiger partial charge in [0.15, 0.2) is 5.03 Å². The fourth-order valence-corrected chi connectivity index (χ4v) is 4.21. The molecule has 1 aliphatic rings. The van der Waals surface area contributed by atoms with Crippen LogP contribution in [0.1, 0.15) is 5.56 Å². The standard InChI is InChI=1S/C11H21N5O2S2/c1-12-8-10-9-13-15-11(10)20(17,18)14-2-3-16-4-6-19-7-5-16/h9,12,14H,2-8H2,1H3,(H,13,15). The summed E-state index contributed by atoms with van der Waals surface area (Å²) in [7, 11) is -1.74. The van der Waals surface area contributed by atoms with E-state index in [4.69, 9.17) is 0 Å². The highest BCUT2D eigenvalue weighted by molar-refractivity contribution is 7.99. The molecule has 0 aliphatic carbocycles. The number of sulfonamides is 1. The Morgan fingerprint density at radius 1 is 1.45 bits per heavy atom. The van der Waals surface area contributed by atoms with E-state index < -0.39 is 10.0 Å². The van der Waals surface area contributed by atoms with Crippen LogP contribution < -0.4 is 10.0 Å². The van der Waals surface area contributed by atoms with Crippen LogP contribution in [0.2, 0.25) is 0 Å². The smallest absolute Gasteiger partial charge is 0.257 e. The Bertz CT molecular complexity index is 511. The molecular weight excluding hydrogens is 298 g/mol. The average molecular weight is 319 g/mol. The van der Waals surface area contributed by atoms with Gasteiger partial charge in [-0.05, 0) is 7.05 Å². The molecule has 114 valence electrons. The first-order valence-corrected chi connectivity index (χ1v) is 9.24. The fourth-order valence-electron chi connectivity index (χ4n) is 2.08. The van der Waals surface area contributed by atoms with Crippen molar-refractivity contribution in [3.8, 4) is 0 Å². The quantitative estimate of drug-likeness (QED) is 0.625. The molecule has 0 radical (unpaired) electrons. The maximum absolute atomic E-state index is 12.2. The van der Waals surface area contributed by atoms with Crippen LogP contribution >= 0.6 is 11.8 Å². The van der Waals surface area contributed by atoms with E-state index in [1.165, 1.54) is 6.20 Å². The molecule has 7 nitrogen and oxygen atoms in total. The van der Waals surface area contributed by atoms with Gasteiger partial charge in [-0.2, -0.15) is 16.9 Å². The Balaban J connectivity index is 1.88. The summed E-state index contributed by atoms with van der Waals surface area (Å²) in [5, 5.41) is 9.45. The van der Waals surface area contributed by atoms with Crippen molar-refractivity contribution in [2.24, 2.45) is 0 Å². The topological polar surface area (TPSA) is 90.1 Å². The van der Waals surface area contributed by atoms with Crippen molar-refractivity contribution in [2.45, 2.75) is 11.6 Å². The number of thioether (sulfide) groups is 1. The second-order valence-corrected chi connectivity index (χ2v) is 7.54. The van der Waals surface area contributed by atoms with Crippen molar-refractivity contribution in [3.63, 3.8) is 0 Å². The van der Waals surface area contributed by atoms with Crippen LogP contribution in [-0.2, 0) is 16.6 Å². The highest BCUT2D eigenvalue weighted by Gasteiger charge is 2.20. The zero-order valence-electron chi connectivity index (χ0n) is 11.6. The third kappa shape index (κ3) is 4.19. The highest BCUT2D eigenvalue weighted by Crippen LogP contribution is 2.11. The number of H-pyrrole nitrogens is 1. The third-order valence-corrected chi connectivity index (χ3v) is 5.56. The summed E-state index contributed by atoms with van der Waals surface area (Å²) < 4.78 is 27.0. The molecule has 0 spiro atoms. The van der Waals surface area contributed by atoms with Gasteiger partial charge in [0.05, 0.1) is 6.20 Å². The number of hydrogen-bond acceptors (Lipinski definition) is 6. The summed E-state index contributed by atoms with van der Waals surface area (Å²) in [5.41, 5.74) is 0.648. The van der Waals surface area contributed by atoms with Crippen molar-refractivity contribution in [1.29, 1.82) is 0 Å². The van der Waals surface area contributed by atoms with Crippen LogP contribution in [0.5, 0.6) is 0 Å². The lowest BCUT2D eigenvalue weighted by Crippen LogP contribution is -2.39. The summed E-state index contributed by atoms with van der Waals surface area (Å²) in [5.74, 6) is 2.25. The molecule has 0 bridgehead atoms. The lowest BCUT2D eigenvalue weighted by Gasteiger charge is -2.25. The van der Waals surface area contributed by atoms with Crippen LogP contribution in [0, 0.1) is 0 Å². The van der Waals surface area contributed by atoms with Crippen molar-refractivity contribution >= 4 is 21.8 Å². The maximum atomic E-state index is 12.2. The molecule has 1 fully saturated rings. The minimum absolute atomic E-state index is 0.154. The van der Waals surface area contributed by atoms with Crippen molar-refractivity contribution in [1.82, 2.24) is 25.1 Å². The summed E-state index contributed by atoms with van der Waals surface area (Å²) in [4.78, 5) is 2.28. The van der Waals surface area contributed by atoms with Gasteiger partial charge in [0.2, 0.25) is 0 Å². The van der Waals surface area contributed by atoms with Gasteiger partial charge in [0.25, 0.3) is 10.0 Å². The van der Waals surface area contributed by atoms with E-state index in [1.807, 2.05) is 11.8 Å². The normalized spacial score (nSPS) is 17.4. The molecule has 1 aromatic heterocycles. The summed E-state index contributed by atoms with van der Waals surface area (Å²) in [6.45, 7) is 3.69. The highest BCUT2D eigenvalue weighted by atomic mass is 32.2. The van der Waals surface area contributed by atoms with Crippen LogP contribution in [-0.4, -0.2) is 68.2 Å². The van der Waals surface area contributed by atoms with Crippen molar-refractivity contribution < 1.29 is 8.42 Å². The molecule has 9 heteroatoms. The van der Waals surface area contributed by atoms with Crippen molar-refractivity contribution in [2.75, 3.05) is 44.7 Å². The van der Waals surface area contributed by atoms with Crippen LogP contribution in [0.4, 0.5) is 0 Å². The van der Waals surface area contributed by atoms with Gasteiger partial charge in [-0.25, -0.2) is 13.1 Å². The Morgan fingerprint density at radius 3 is 2.90 bits per heavy atom. The predicted molar refractivity (Wildman–Crippen MR) is 80.3 cm³/mol. The molecule has 3 N–H and O–H groups in total. The van der Waals surface area contributed by atoms with Gasteiger partial charge in [-0.1, -0.05) is 0 Å². The lowest BCUT2D eigenvalue weighted by atomic mass is 10.4. The predicted octanol–water partition coefficient (Wildman–Crippen LogP) is -0.544. The first kappa shape index (κ1) is 15.8. The van der Waals surface area contributed by atoms with E-state index in [2.05, 4.69) is 25.1 Å². The molecule has 0 aromatic carbocycles. The maximum Gasteiger partial charge on any atom is 0.257 e. The zero-order chi connectivity index (χ0) is 14.4. The summed E-state index contributed by atoms with van der Waals surface area (Å²) in [6, 6.07) is 0. The average Bonchev–Trinajstić information content (AvgIpc) is 2.89. The van der Waals surface area contributed by atoms with E-state index in [-0.39, 0.29) is 5.03 Å². The number of aromatic amines is 1. The molecule has 0 unspecified atom stereocenters. The minimum atomic E-state index is -3.51. The minimum Gasteiger partial charge on any atom is -0.316 e. The molecule has 0 amide bonds. The molecule has 0 atom stereocenters. The lowest BCUT2D eigenvalue weighted by molar-refractivity contribution is 0.307. The van der Waals surface area contributed by atoms with E-state index in [0.717, 1.165) is 31.1 Å². The van der Waals surface area contributed by atoms with Gasteiger partial charge in [0.1, 0.15) is 0 Å². The Kier molecular flexibility index (Phi) is 5.85. The van der Waals surface area contributed by atoms with E-state index in [0.29, 0.717) is 18.7 Å². The van der Waals surface area contributed by atoms with Crippen LogP contribution in [0.3, 0.4) is 0 Å². The molecular formula is C11H21N5O2S2. The van der Waals surface area contributed by atoms with Crippen molar-refractivity contribution in [3.05, 3.63) is 11.8 Å². The third-order valence-electron chi connectivity index (χ3n) is 3.14. The largest absolute Gasteiger partial charge is 0.316 e. The second-order valence-electron chi connectivity index (χ2n) is 4.61. The summed E-state index contributed by atoms with van der Waals surface area (Å²) >= 11 is 1.94. The molecule has 1 saturated heterocycles. The monoisotopic (exact) mass is 319 g/mol. The molecule has 1 aliphatic heterocycles. The number of rotatable bonds is 7. The van der Waals surface area contributed by atoms with Crippen LogP contribution in [0.25, 0.3) is 0 Å². The molecule has 2 heterocycles. The molecule has 0 saturated carbocycles. The van der Waals surface area contributed by atoms with E-state index >= 15 is 0 Å². The van der Waals surface area contributed by atoms with Crippen LogP contribution in [0.15, 0.2) is 11.2 Å². The number of hydrogen-bond donors (Lipinski definition) is 3. The van der Waals surface area contributed by atoms with Gasteiger partial charge < -0.3 is 10.2 Å². The second kappa shape index (κ2) is 7.41. The molecule has 1 aromatic rings. The zero-order valence-corrected chi connectivity index (χ0v) is 13.2. The molecule has 20 heavy (non-hydrogen) atoms. The first-order chi connectivity index (χ1) is 9.63. The Morgan fingerprint density at radius 2 is 2.20 bits per heavy atom. The summed E-state index contributed by atoms with van der Waals surface area (Å²) in [6.07, 6.45) is 1.53. The number of nitrogens with one attached hydrogen (secondary N) is 3. The van der Waals surface area contributed by atoms with Gasteiger partial charge in [0, 0.05) is 49.8 Å². The van der Waals surface area contributed by atoms with E-state index in [1.54, 1.807) is 7.05 Å². The SMILES string of the molecule is CNCc1cn[nH]c1S(=O)(=O)NCCN1CCSCC1. The number of nitrogens with zero attached hydrogens (tertiary/aromatic N) is 2. The fraction of sp³-hybridized carbons (Fsp3) is 0.727. The van der Waals surface area contributed by atoms with Gasteiger partial charge in [-0.15, -0.1) is 0 Å². The first-order valence-electron chi connectivity index (χ1n) is 6.60. The van der Waals surface area contributed by atoms with E-state index in [9.17, 15) is 8.42 Å². The Labute approximate surface area is 123 Å². The van der Waals surface area contributed by atoms with Gasteiger partial charge >= 0.3 is 0 Å².